The predicted octanol–water partition coefficient (Wildman–Crippen LogP) is 5.23. The van der Waals surface area contributed by atoms with E-state index in [0.29, 0.717) is 17.8 Å². The third kappa shape index (κ3) is 4.19. The third-order valence-electron chi connectivity index (χ3n) is 5.15. The first kappa shape index (κ1) is 19.8. The minimum absolute atomic E-state index is 0.0192. The second-order valence-electron chi connectivity index (χ2n) is 7.20. The molecule has 0 spiro atoms. The number of anilines is 2. The van der Waals surface area contributed by atoms with E-state index in [1.807, 2.05) is 47.4 Å². The summed E-state index contributed by atoms with van der Waals surface area (Å²) in [4.78, 5) is 31.6. The zero-order chi connectivity index (χ0) is 21.2. The zero-order valence-corrected chi connectivity index (χ0v) is 18.2. The molecule has 0 radical (unpaired) electrons. The van der Waals surface area contributed by atoms with Crippen molar-refractivity contribution < 1.29 is 9.59 Å². The molecule has 0 atom stereocenters. The molecule has 1 N–H and O–H groups in total. The number of amides is 2. The van der Waals surface area contributed by atoms with Crippen molar-refractivity contribution in [3.05, 3.63) is 83.9 Å². The summed E-state index contributed by atoms with van der Waals surface area (Å²) in [5.41, 5.74) is 4.42. The van der Waals surface area contributed by atoms with Crippen molar-refractivity contribution in [2.45, 2.75) is 10.8 Å². The Kier molecular flexibility index (Phi) is 5.44. The Morgan fingerprint density at radius 1 is 1.00 bits per heavy atom. The summed E-state index contributed by atoms with van der Waals surface area (Å²) in [6.07, 6.45) is 0.877. The Balaban J connectivity index is 1.19. The summed E-state index contributed by atoms with van der Waals surface area (Å²) >= 11 is 3.01. The van der Waals surface area contributed by atoms with E-state index in [2.05, 4.69) is 16.4 Å². The van der Waals surface area contributed by atoms with Crippen molar-refractivity contribution in [3.8, 4) is 0 Å². The van der Waals surface area contributed by atoms with Gasteiger partial charge >= 0.3 is 0 Å². The highest BCUT2D eigenvalue weighted by Gasteiger charge is 2.25. The van der Waals surface area contributed by atoms with E-state index in [4.69, 9.17) is 0 Å². The van der Waals surface area contributed by atoms with Gasteiger partial charge in [-0.25, -0.2) is 4.98 Å². The van der Waals surface area contributed by atoms with Gasteiger partial charge in [-0.1, -0.05) is 42.1 Å². The number of carbonyl (C=O) groups is 2. The monoisotopic (exact) mass is 445 g/mol. The van der Waals surface area contributed by atoms with Crippen LogP contribution in [-0.2, 0) is 11.2 Å². The van der Waals surface area contributed by atoms with Crippen LogP contribution in [-0.4, -0.2) is 29.1 Å². The van der Waals surface area contributed by atoms with E-state index in [-0.39, 0.29) is 17.6 Å². The lowest BCUT2D eigenvalue weighted by molar-refractivity contribution is -0.113. The van der Waals surface area contributed by atoms with Gasteiger partial charge in [-0.3, -0.25) is 9.59 Å². The topological polar surface area (TPSA) is 62.3 Å². The van der Waals surface area contributed by atoms with Gasteiger partial charge in [-0.15, -0.1) is 11.3 Å². The molecular weight excluding hydrogens is 426 g/mol. The maximum atomic E-state index is 12.9. The standard InChI is InChI=1S/C24H19N3O2S2/c28-22(15-30-24-26-19-6-2-4-8-21(19)31-24)25-18-11-9-17(10-12-18)23(29)27-14-13-16-5-1-3-7-20(16)27/h1-12H,13-15H2,(H,25,28). The summed E-state index contributed by atoms with van der Waals surface area (Å²) < 4.78 is 1.99. The summed E-state index contributed by atoms with van der Waals surface area (Å²) in [5, 5.41) is 2.89. The predicted molar refractivity (Wildman–Crippen MR) is 127 cm³/mol. The first-order chi connectivity index (χ1) is 15.2. The Hall–Kier alpha value is -3.16. The Morgan fingerprint density at radius 2 is 1.77 bits per heavy atom. The fourth-order valence-electron chi connectivity index (χ4n) is 3.64. The van der Waals surface area contributed by atoms with Crippen LogP contribution in [0.15, 0.2) is 77.1 Å². The molecule has 3 aromatic carbocycles. The third-order valence-corrected chi connectivity index (χ3v) is 7.33. The summed E-state index contributed by atoms with van der Waals surface area (Å²) in [7, 11) is 0. The lowest BCUT2D eigenvalue weighted by atomic mass is 10.1. The minimum atomic E-state index is -0.100. The second-order valence-corrected chi connectivity index (χ2v) is 9.45. The van der Waals surface area contributed by atoms with Crippen LogP contribution in [0.5, 0.6) is 0 Å². The normalized spacial score (nSPS) is 12.7. The molecule has 0 fully saturated rings. The number of nitrogens with one attached hydrogen (secondary N) is 1. The van der Waals surface area contributed by atoms with Crippen molar-refractivity contribution >= 4 is 56.5 Å². The zero-order valence-electron chi connectivity index (χ0n) is 16.6. The van der Waals surface area contributed by atoms with Crippen molar-refractivity contribution in [2.24, 2.45) is 0 Å². The van der Waals surface area contributed by atoms with Crippen LogP contribution < -0.4 is 10.2 Å². The molecule has 1 aliphatic rings. The summed E-state index contributed by atoms with van der Waals surface area (Å²) in [6.45, 7) is 0.694. The van der Waals surface area contributed by atoms with E-state index in [1.54, 1.807) is 35.6 Å². The number of benzene rings is 3. The number of para-hydroxylation sites is 2. The van der Waals surface area contributed by atoms with E-state index in [9.17, 15) is 9.59 Å². The number of carbonyl (C=O) groups excluding carboxylic acids is 2. The van der Waals surface area contributed by atoms with Gasteiger partial charge in [0, 0.05) is 23.5 Å². The van der Waals surface area contributed by atoms with Crippen LogP contribution in [0.2, 0.25) is 0 Å². The highest BCUT2D eigenvalue weighted by atomic mass is 32.2. The van der Waals surface area contributed by atoms with Gasteiger partial charge in [0.25, 0.3) is 5.91 Å². The molecular formula is C24H19N3O2S2. The molecule has 4 aromatic rings. The molecule has 1 aromatic heterocycles. The van der Waals surface area contributed by atoms with Crippen LogP contribution in [0.4, 0.5) is 11.4 Å². The van der Waals surface area contributed by atoms with Crippen molar-refractivity contribution in [3.63, 3.8) is 0 Å². The number of hydrogen-bond donors (Lipinski definition) is 1. The van der Waals surface area contributed by atoms with Crippen LogP contribution in [0.1, 0.15) is 15.9 Å². The first-order valence-electron chi connectivity index (χ1n) is 9.95. The largest absolute Gasteiger partial charge is 0.325 e. The Labute approximate surface area is 188 Å². The number of rotatable bonds is 5. The molecule has 0 bridgehead atoms. The van der Waals surface area contributed by atoms with Crippen LogP contribution in [0, 0.1) is 0 Å². The van der Waals surface area contributed by atoms with Gasteiger partial charge in [0.15, 0.2) is 4.34 Å². The van der Waals surface area contributed by atoms with E-state index in [0.717, 1.165) is 26.7 Å². The molecule has 0 unspecified atom stereocenters. The van der Waals surface area contributed by atoms with Crippen molar-refractivity contribution in [1.29, 1.82) is 0 Å². The van der Waals surface area contributed by atoms with E-state index >= 15 is 0 Å². The fourth-order valence-corrected chi connectivity index (χ4v) is 5.51. The minimum Gasteiger partial charge on any atom is -0.325 e. The lowest BCUT2D eigenvalue weighted by Gasteiger charge is -2.17. The highest BCUT2D eigenvalue weighted by Crippen LogP contribution is 2.30. The molecule has 5 nitrogen and oxygen atoms in total. The van der Waals surface area contributed by atoms with Crippen molar-refractivity contribution in [1.82, 2.24) is 4.98 Å². The molecule has 2 amide bonds. The SMILES string of the molecule is O=C(CSc1nc2ccccc2s1)Nc1ccc(C(=O)N2CCc3ccccc32)cc1. The summed E-state index contributed by atoms with van der Waals surface area (Å²) in [5.74, 6) is 0.163. The Morgan fingerprint density at radius 3 is 2.61 bits per heavy atom. The second kappa shape index (κ2) is 8.53. The smallest absolute Gasteiger partial charge is 0.258 e. The molecule has 2 heterocycles. The molecule has 31 heavy (non-hydrogen) atoms. The van der Waals surface area contributed by atoms with Gasteiger partial charge in [0.1, 0.15) is 0 Å². The molecule has 0 saturated heterocycles. The molecule has 0 saturated carbocycles. The lowest BCUT2D eigenvalue weighted by Crippen LogP contribution is -2.28. The summed E-state index contributed by atoms with van der Waals surface area (Å²) in [6, 6.07) is 23.0. The van der Waals surface area contributed by atoms with Crippen molar-refractivity contribution in [2.75, 3.05) is 22.5 Å². The molecule has 7 heteroatoms. The van der Waals surface area contributed by atoms with E-state index in [1.165, 1.54) is 17.3 Å². The van der Waals surface area contributed by atoms with Gasteiger partial charge in [0.2, 0.25) is 5.91 Å². The van der Waals surface area contributed by atoms with Crippen LogP contribution in [0.3, 0.4) is 0 Å². The number of hydrogen-bond acceptors (Lipinski definition) is 5. The number of thioether (sulfide) groups is 1. The maximum absolute atomic E-state index is 12.9. The van der Waals surface area contributed by atoms with Crippen LogP contribution in [0.25, 0.3) is 10.2 Å². The average Bonchev–Trinajstić information content (AvgIpc) is 3.42. The number of aromatic nitrogens is 1. The number of thiazole rings is 1. The molecule has 154 valence electrons. The number of nitrogens with zero attached hydrogens (tertiary/aromatic N) is 2. The van der Waals surface area contributed by atoms with Gasteiger partial charge in [-0.05, 0) is 54.4 Å². The Bertz CT molecular complexity index is 1230. The fraction of sp³-hybridized carbons (Fsp3) is 0.125. The molecule has 5 rings (SSSR count). The van der Waals surface area contributed by atoms with Gasteiger partial charge in [-0.2, -0.15) is 0 Å². The quantitative estimate of drug-likeness (QED) is 0.427. The average molecular weight is 446 g/mol. The maximum Gasteiger partial charge on any atom is 0.258 e. The molecule has 1 aliphatic heterocycles. The van der Waals surface area contributed by atoms with Gasteiger partial charge < -0.3 is 10.2 Å². The highest BCUT2D eigenvalue weighted by molar-refractivity contribution is 8.01. The van der Waals surface area contributed by atoms with Crippen LogP contribution >= 0.6 is 23.1 Å². The number of fused-ring (bicyclic) bond motifs is 2. The molecule has 0 aliphatic carbocycles. The first-order valence-corrected chi connectivity index (χ1v) is 11.8. The van der Waals surface area contributed by atoms with E-state index < -0.39 is 0 Å². The van der Waals surface area contributed by atoms with Gasteiger partial charge in [0.05, 0.1) is 16.0 Å².